The van der Waals surface area contributed by atoms with Crippen molar-refractivity contribution in [2.75, 3.05) is 27.2 Å². The summed E-state index contributed by atoms with van der Waals surface area (Å²) in [5, 5.41) is 0.791. The van der Waals surface area contributed by atoms with E-state index in [0.29, 0.717) is 12.1 Å². The van der Waals surface area contributed by atoms with E-state index in [9.17, 15) is 9.59 Å². The van der Waals surface area contributed by atoms with Gasteiger partial charge in [0, 0.05) is 49.2 Å². The highest BCUT2D eigenvalue weighted by atomic mass is 16.5. The molecule has 0 spiro atoms. The van der Waals surface area contributed by atoms with Crippen molar-refractivity contribution in [3.05, 3.63) is 41.1 Å². The summed E-state index contributed by atoms with van der Waals surface area (Å²) in [6.07, 6.45) is 6.42. The molecule has 0 saturated heterocycles. The zero-order chi connectivity index (χ0) is 20.4. The zero-order valence-electron chi connectivity index (χ0n) is 17.3. The first-order valence-corrected chi connectivity index (χ1v) is 10.6. The number of pyridine rings is 1. The Balaban J connectivity index is 1.55. The number of fused-ring (bicyclic) bond motifs is 2. The molecule has 2 aromatic rings. The summed E-state index contributed by atoms with van der Waals surface area (Å²) in [5.74, 6) is -0.560. The van der Waals surface area contributed by atoms with E-state index in [4.69, 9.17) is 9.72 Å². The number of para-hydroxylation sites is 1. The van der Waals surface area contributed by atoms with Gasteiger partial charge in [0.15, 0.2) is 6.61 Å². The highest BCUT2D eigenvalue weighted by Crippen LogP contribution is 2.28. The number of nitrogens with zero attached hydrogens (tertiary/aromatic N) is 3. The molecular weight excluding hydrogens is 366 g/mol. The lowest BCUT2D eigenvalue weighted by Gasteiger charge is -2.31. The molecule has 0 bridgehead atoms. The van der Waals surface area contributed by atoms with Gasteiger partial charge < -0.3 is 14.5 Å². The second-order valence-corrected chi connectivity index (χ2v) is 8.29. The second-order valence-electron chi connectivity index (χ2n) is 8.29. The smallest absolute Gasteiger partial charge is 0.339 e. The average molecular weight is 396 g/mol. The summed E-state index contributed by atoms with van der Waals surface area (Å²) in [4.78, 5) is 34.4. The van der Waals surface area contributed by atoms with E-state index in [2.05, 4.69) is 4.90 Å². The molecule has 0 radical (unpaired) electrons. The van der Waals surface area contributed by atoms with Crippen molar-refractivity contribution in [3.8, 4) is 0 Å². The highest BCUT2D eigenvalue weighted by Gasteiger charge is 2.27. The van der Waals surface area contributed by atoms with Crippen molar-refractivity contribution in [2.24, 2.45) is 0 Å². The van der Waals surface area contributed by atoms with E-state index in [1.54, 1.807) is 4.90 Å². The predicted molar refractivity (Wildman–Crippen MR) is 112 cm³/mol. The number of ether oxygens (including phenoxy) is 1. The topological polar surface area (TPSA) is 62.7 Å². The number of rotatable bonds is 4. The average Bonchev–Trinajstić information content (AvgIpc) is 2.75. The van der Waals surface area contributed by atoms with E-state index in [-0.39, 0.29) is 18.6 Å². The van der Waals surface area contributed by atoms with Gasteiger partial charge in [-0.2, -0.15) is 0 Å². The lowest BCUT2D eigenvalue weighted by atomic mass is 9.94. The Morgan fingerprint density at radius 3 is 2.76 bits per heavy atom. The summed E-state index contributed by atoms with van der Waals surface area (Å²) < 4.78 is 5.53. The van der Waals surface area contributed by atoms with Crippen molar-refractivity contribution in [1.82, 2.24) is 14.8 Å². The maximum absolute atomic E-state index is 13.1. The molecule has 2 aliphatic rings. The Labute approximate surface area is 171 Å². The van der Waals surface area contributed by atoms with Crippen molar-refractivity contribution in [2.45, 2.75) is 51.1 Å². The summed E-state index contributed by atoms with van der Waals surface area (Å²) >= 11 is 0. The Morgan fingerprint density at radius 2 is 1.97 bits per heavy atom. The van der Waals surface area contributed by atoms with Crippen molar-refractivity contribution in [1.29, 1.82) is 0 Å². The monoisotopic (exact) mass is 395 g/mol. The number of likely N-dealkylation sites (N-methyl/N-ethyl adjacent to an activating group) is 2. The van der Waals surface area contributed by atoms with Crippen LogP contribution >= 0.6 is 0 Å². The molecule has 0 unspecified atom stereocenters. The third-order valence-corrected chi connectivity index (χ3v) is 6.28. The van der Waals surface area contributed by atoms with E-state index >= 15 is 0 Å². The van der Waals surface area contributed by atoms with Crippen LogP contribution in [0.1, 0.15) is 53.7 Å². The van der Waals surface area contributed by atoms with Gasteiger partial charge in [-0.15, -0.1) is 0 Å². The Hall–Kier alpha value is -2.47. The molecule has 6 nitrogen and oxygen atoms in total. The van der Waals surface area contributed by atoms with Crippen LogP contribution < -0.4 is 0 Å². The van der Waals surface area contributed by atoms with Crippen molar-refractivity contribution in [3.63, 3.8) is 0 Å². The van der Waals surface area contributed by atoms with Gasteiger partial charge in [-0.05, 0) is 26.0 Å². The van der Waals surface area contributed by atoms with Crippen LogP contribution in [-0.2, 0) is 22.5 Å². The lowest BCUT2D eigenvalue weighted by molar-refractivity contribution is -0.135. The van der Waals surface area contributed by atoms with Gasteiger partial charge in [0.2, 0.25) is 0 Å². The SMILES string of the molecule is CN1CCc2nc3ccccc3c(C(=O)OCC(=O)N(C)C3CCCCC3)c2C1. The number of amides is 1. The maximum Gasteiger partial charge on any atom is 0.339 e. The molecule has 154 valence electrons. The van der Waals surface area contributed by atoms with Gasteiger partial charge in [-0.25, -0.2) is 4.79 Å². The number of aromatic nitrogens is 1. The van der Waals surface area contributed by atoms with Crippen molar-refractivity contribution < 1.29 is 14.3 Å². The molecule has 1 saturated carbocycles. The van der Waals surface area contributed by atoms with Gasteiger partial charge in [0.25, 0.3) is 5.91 Å². The Morgan fingerprint density at radius 1 is 1.21 bits per heavy atom. The molecule has 1 aliphatic carbocycles. The molecule has 1 aromatic heterocycles. The minimum absolute atomic E-state index is 0.130. The number of hydrogen-bond acceptors (Lipinski definition) is 5. The van der Waals surface area contributed by atoms with Crippen molar-refractivity contribution >= 4 is 22.8 Å². The summed E-state index contributed by atoms with van der Waals surface area (Å²) in [7, 11) is 3.86. The predicted octanol–water partition coefficient (Wildman–Crippen LogP) is 3.17. The molecule has 0 N–H and O–H groups in total. The highest BCUT2D eigenvalue weighted by molar-refractivity contribution is 6.05. The third kappa shape index (κ3) is 4.13. The van der Waals surface area contributed by atoms with Gasteiger partial charge in [-0.3, -0.25) is 9.78 Å². The van der Waals surface area contributed by atoms with E-state index in [0.717, 1.165) is 60.8 Å². The molecule has 1 aliphatic heterocycles. The van der Waals surface area contributed by atoms with Gasteiger partial charge in [-0.1, -0.05) is 37.5 Å². The standard InChI is InChI=1S/C23H29N3O3/c1-25-13-12-20-18(14-25)22(17-10-6-7-11-19(17)24-20)23(28)29-15-21(27)26(2)16-8-4-3-5-9-16/h6-7,10-11,16H,3-5,8-9,12-15H2,1-2H3. The first kappa shape index (κ1) is 19.8. The maximum atomic E-state index is 13.1. The normalized spacial score (nSPS) is 17.7. The number of hydrogen-bond donors (Lipinski definition) is 0. The number of esters is 1. The zero-order valence-corrected chi connectivity index (χ0v) is 17.3. The lowest BCUT2D eigenvalue weighted by Crippen LogP contribution is -2.40. The minimum atomic E-state index is -0.430. The molecule has 1 amide bonds. The van der Waals surface area contributed by atoms with E-state index in [1.807, 2.05) is 38.4 Å². The summed E-state index contributed by atoms with van der Waals surface area (Å²) in [5.41, 5.74) is 3.24. The molecule has 1 aromatic carbocycles. The van der Waals surface area contributed by atoms with Crippen LogP contribution in [0.4, 0.5) is 0 Å². The fraction of sp³-hybridized carbons (Fsp3) is 0.522. The second kappa shape index (κ2) is 8.49. The minimum Gasteiger partial charge on any atom is -0.452 e. The largest absolute Gasteiger partial charge is 0.452 e. The molecule has 4 rings (SSSR count). The van der Waals surface area contributed by atoms with Crippen LogP contribution in [0.3, 0.4) is 0 Å². The Bertz CT molecular complexity index is 921. The fourth-order valence-electron chi connectivity index (χ4n) is 4.53. The number of carbonyl (C=O) groups excluding carboxylic acids is 2. The molecule has 2 heterocycles. The van der Waals surface area contributed by atoms with Gasteiger partial charge in [0.05, 0.1) is 11.1 Å². The molecule has 0 atom stereocenters. The quantitative estimate of drug-likeness (QED) is 0.744. The van der Waals surface area contributed by atoms with Crippen LogP contribution in [0, 0.1) is 0 Å². The number of carbonyl (C=O) groups is 2. The summed E-state index contributed by atoms with van der Waals surface area (Å²) in [6.45, 7) is 1.36. The fourth-order valence-corrected chi connectivity index (χ4v) is 4.53. The molecule has 6 heteroatoms. The first-order chi connectivity index (χ1) is 14.0. The molecule has 29 heavy (non-hydrogen) atoms. The third-order valence-electron chi connectivity index (χ3n) is 6.28. The number of benzene rings is 1. The Kier molecular flexibility index (Phi) is 5.81. The van der Waals surface area contributed by atoms with Gasteiger partial charge in [0.1, 0.15) is 0 Å². The van der Waals surface area contributed by atoms with E-state index in [1.165, 1.54) is 6.42 Å². The van der Waals surface area contributed by atoms with Crippen LogP contribution in [0.2, 0.25) is 0 Å². The van der Waals surface area contributed by atoms with Crippen LogP contribution in [-0.4, -0.2) is 59.9 Å². The van der Waals surface area contributed by atoms with Crippen LogP contribution in [0.5, 0.6) is 0 Å². The van der Waals surface area contributed by atoms with Crippen LogP contribution in [0.15, 0.2) is 24.3 Å². The first-order valence-electron chi connectivity index (χ1n) is 10.6. The van der Waals surface area contributed by atoms with E-state index < -0.39 is 5.97 Å². The van der Waals surface area contributed by atoms with Crippen LogP contribution in [0.25, 0.3) is 10.9 Å². The molecule has 1 fully saturated rings. The van der Waals surface area contributed by atoms with Gasteiger partial charge >= 0.3 is 5.97 Å². The molecular formula is C23H29N3O3. The summed E-state index contributed by atoms with van der Waals surface area (Å²) in [6, 6.07) is 7.92.